The fourth-order valence-corrected chi connectivity index (χ4v) is 2.90. The number of amides is 1. The highest BCUT2D eigenvalue weighted by Crippen LogP contribution is 2.32. The summed E-state index contributed by atoms with van der Waals surface area (Å²) in [4.78, 5) is 27.8. The maximum absolute atomic E-state index is 12.4. The lowest BCUT2D eigenvalue weighted by Gasteiger charge is -2.33. The molecule has 5 nitrogen and oxygen atoms in total. The zero-order valence-corrected chi connectivity index (χ0v) is 12.3. The zero-order chi connectivity index (χ0) is 14.8. The number of rotatable bonds is 2. The predicted octanol–water partition coefficient (Wildman–Crippen LogP) is 1.73. The molecule has 2 aliphatic heterocycles. The summed E-state index contributed by atoms with van der Waals surface area (Å²) in [6.45, 7) is 4.03. The van der Waals surface area contributed by atoms with Gasteiger partial charge in [0.25, 0.3) is 0 Å². The van der Waals surface area contributed by atoms with Crippen molar-refractivity contribution in [1.29, 1.82) is 0 Å². The van der Waals surface area contributed by atoms with Crippen LogP contribution in [0, 0.1) is 6.92 Å². The molecular weight excluding hydrogens is 268 g/mol. The zero-order valence-electron chi connectivity index (χ0n) is 12.3. The third kappa shape index (κ3) is 3.01. The Balaban J connectivity index is 1.77. The van der Waals surface area contributed by atoms with Gasteiger partial charge in [-0.3, -0.25) is 4.79 Å². The minimum Gasteiger partial charge on any atom is -0.423 e. The van der Waals surface area contributed by atoms with Gasteiger partial charge in [-0.05, 0) is 43.9 Å². The number of carbonyl (C=O) groups excluding carboxylic acids is 2. The van der Waals surface area contributed by atoms with Crippen molar-refractivity contribution in [3.63, 3.8) is 0 Å². The number of fused-ring (bicyclic) bond motifs is 1. The Bertz CT molecular complexity index is 565. The van der Waals surface area contributed by atoms with Gasteiger partial charge in [0.2, 0.25) is 5.91 Å². The molecule has 0 N–H and O–H groups in total. The summed E-state index contributed by atoms with van der Waals surface area (Å²) < 4.78 is 5.24. The summed E-state index contributed by atoms with van der Waals surface area (Å²) in [7, 11) is 0. The fraction of sp³-hybridized carbons (Fsp3) is 0.500. The van der Waals surface area contributed by atoms with Gasteiger partial charge < -0.3 is 14.5 Å². The standard InChI is InChI=1S/C16H20N2O3/c1-12-5-6-14-13(9-12)18(11-16(20)21-14)10-15(19)17-7-3-2-4-8-17/h5-6,9H,2-4,7-8,10-11H2,1H3. The monoisotopic (exact) mass is 288 g/mol. The van der Waals surface area contributed by atoms with E-state index in [4.69, 9.17) is 4.74 Å². The number of hydrogen-bond donors (Lipinski definition) is 0. The third-order valence-electron chi connectivity index (χ3n) is 4.03. The predicted molar refractivity (Wildman–Crippen MR) is 79.5 cm³/mol. The molecule has 0 radical (unpaired) electrons. The van der Waals surface area contributed by atoms with Crippen molar-refractivity contribution >= 4 is 17.6 Å². The lowest BCUT2D eigenvalue weighted by atomic mass is 10.1. The maximum atomic E-state index is 12.4. The van der Waals surface area contributed by atoms with Crippen LogP contribution >= 0.6 is 0 Å². The molecule has 5 heteroatoms. The molecule has 2 aliphatic rings. The second-order valence-corrected chi connectivity index (χ2v) is 5.74. The molecule has 1 amide bonds. The average Bonchev–Trinajstić information content (AvgIpc) is 2.49. The fourth-order valence-electron chi connectivity index (χ4n) is 2.90. The van der Waals surface area contributed by atoms with Gasteiger partial charge in [-0.25, -0.2) is 4.79 Å². The van der Waals surface area contributed by atoms with Crippen LogP contribution in [0.25, 0.3) is 0 Å². The maximum Gasteiger partial charge on any atom is 0.331 e. The first kappa shape index (κ1) is 13.9. The van der Waals surface area contributed by atoms with E-state index in [-0.39, 0.29) is 25.0 Å². The van der Waals surface area contributed by atoms with Crippen molar-refractivity contribution in [3.05, 3.63) is 23.8 Å². The molecule has 0 aliphatic carbocycles. The Morgan fingerprint density at radius 2 is 2.00 bits per heavy atom. The molecule has 0 atom stereocenters. The van der Waals surface area contributed by atoms with Gasteiger partial charge in [-0.2, -0.15) is 0 Å². The normalized spacial score (nSPS) is 18.2. The van der Waals surface area contributed by atoms with Crippen molar-refractivity contribution in [3.8, 4) is 5.75 Å². The number of nitrogens with zero attached hydrogens (tertiary/aromatic N) is 2. The summed E-state index contributed by atoms with van der Waals surface area (Å²) in [6.07, 6.45) is 3.34. The van der Waals surface area contributed by atoms with Crippen LogP contribution in [0.3, 0.4) is 0 Å². The number of ether oxygens (including phenoxy) is 1. The first-order chi connectivity index (χ1) is 10.1. The number of likely N-dealkylation sites (tertiary alicyclic amines) is 1. The molecule has 0 unspecified atom stereocenters. The topological polar surface area (TPSA) is 49.9 Å². The van der Waals surface area contributed by atoms with Gasteiger partial charge >= 0.3 is 5.97 Å². The first-order valence-electron chi connectivity index (χ1n) is 7.47. The van der Waals surface area contributed by atoms with Crippen LogP contribution in [0.15, 0.2) is 18.2 Å². The number of hydrogen-bond acceptors (Lipinski definition) is 4. The van der Waals surface area contributed by atoms with Gasteiger partial charge in [-0.15, -0.1) is 0 Å². The molecule has 112 valence electrons. The van der Waals surface area contributed by atoms with Crippen molar-refractivity contribution in [1.82, 2.24) is 4.90 Å². The SMILES string of the molecule is Cc1ccc2c(c1)N(CC(=O)N1CCCCC1)CC(=O)O2. The minimum atomic E-state index is -0.308. The molecule has 1 aromatic rings. The van der Waals surface area contributed by atoms with E-state index in [1.54, 1.807) is 6.07 Å². The molecule has 0 saturated carbocycles. The van der Waals surface area contributed by atoms with Crippen LogP contribution in [0.5, 0.6) is 5.75 Å². The molecule has 3 rings (SSSR count). The summed E-state index contributed by atoms with van der Waals surface area (Å²) in [5, 5.41) is 0. The molecule has 0 bridgehead atoms. The van der Waals surface area contributed by atoms with Crippen LogP contribution in [0.4, 0.5) is 5.69 Å². The van der Waals surface area contributed by atoms with Gasteiger partial charge in [0, 0.05) is 13.1 Å². The summed E-state index contributed by atoms with van der Waals surface area (Å²) in [5.41, 5.74) is 1.92. The van der Waals surface area contributed by atoms with E-state index in [1.165, 1.54) is 6.42 Å². The van der Waals surface area contributed by atoms with Crippen molar-refractivity contribution in [2.24, 2.45) is 0 Å². The van der Waals surface area contributed by atoms with Crippen LogP contribution in [-0.2, 0) is 9.59 Å². The number of carbonyl (C=O) groups is 2. The Labute approximate surface area is 124 Å². The number of benzene rings is 1. The quantitative estimate of drug-likeness (QED) is 0.614. The Kier molecular flexibility index (Phi) is 3.82. The first-order valence-corrected chi connectivity index (χ1v) is 7.47. The molecule has 2 heterocycles. The van der Waals surface area contributed by atoms with Crippen molar-refractivity contribution in [2.45, 2.75) is 26.2 Å². The number of piperidine rings is 1. The Morgan fingerprint density at radius 1 is 1.24 bits per heavy atom. The lowest BCUT2D eigenvalue weighted by molar-refractivity contribution is -0.133. The summed E-state index contributed by atoms with van der Waals surface area (Å²) in [5.74, 6) is 0.331. The second-order valence-electron chi connectivity index (χ2n) is 5.74. The molecule has 0 spiro atoms. The van der Waals surface area contributed by atoms with E-state index in [9.17, 15) is 9.59 Å². The van der Waals surface area contributed by atoms with Gasteiger partial charge in [0.1, 0.15) is 6.54 Å². The molecule has 0 aromatic heterocycles. The molecule has 21 heavy (non-hydrogen) atoms. The van der Waals surface area contributed by atoms with E-state index in [0.29, 0.717) is 5.75 Å². The average molecular weight is 288 g/mol. The van der Waals surface area contributed by atoms with E-state index in [0.717, 1.165) is 37.2 Å². The van der Waals surface area contributed by atoms with Crippen molar-refractivity contribution in [2.75, 3.05) is 31.1 Å². The van der Waals surface area contributed by atoms with Crippen LogP contribution in [0.1, 0.15) is 24.8 Å². The lowest BCUT2D eigenvalue weighted by Crippen LogP contribution is -2.46. The number of esters is 1. The van der Waals surface area contributed by atoms with Crippen molar-refractivity contribution < 1.29 is 14.3 Å². The van der Waals surface area contributed by atoms with Crippen LogP contribution in [0.2, 0.25) is 0 Å². The minimum absolute atomic E-state index is 0.0943. The smallest absolute Gasteiger partial charge is 0.331 e. The largest absolute Gasteiger partial charge is 0.423 e. The van der Waals surface area contributed by atoms with E-state index >= 15 is 0 Å². The van der Waals surface area contributed by atoms with Crippen LogP contribution in [-0.4, -0.2) is 43.0 Å². The molecule has 1 saturated heterocycles. The van der Waals surface area contributed by atoms with Gasteiger partial charge in [-0.1, -0.05) is 6.07 Å². The number of anilines is 1. The van der Waals surface area contributed by atoms with E-state index in [1.807, 2.05) is 28.9 Å². The van der Waals surface area contributed by atoms with E-state index in [2.05, 4.69) is 0 Å². The highest BCUT2D eigenvalue weighted by Gasteiger charge is 2.27. The molecular formula is C16H20N2O3. The van der Waals surface area contributed by atoms with Gasteiger partial charge in [0.05, 0.1) is 12.2 Å². The van der Waals surface area contributed by atoms with Crippen LogP contribution < -0.4 is 9.64 Å². The summed E-state index contributed by atoms with van der Waals surface area (Å²) >= 11 is 0. The summed E-state index contributed by atoms with van der Waals surface area (Å²) in [6, 6.07) is 5.66. The highest BCUT2D eigenvalue weighted by atomic mass is 16.5. The Morgan fingerprint density at radius 3 is 2.76 bits per heavy atom. The Hall–Kier alpha value is -2.04. The molecule has 1 fully saturated rings. The van der Waals surface area contributed by atoms with E-state index < -0.39 is 0 Å². The molecule has 1 aromatic carbocycles. The number of aryl methyl sites for hydroxylation is 1. The second kappa shape index (κ2) is 5.76. The highest BCUT2D eigenvalue weighted by molar-refractivity contribution is 5.89. The van der Waals surface area contributed by atoms with Gasteiger partial charge in [0.15, 0.2) is 5.75 Å². The third-order valence-corrected chi connectivity index (χ3v) is 4.03.